The van der Waals surface area contributed by atoms with Crippen LogP contribution in [0.1, 0.15) is 0 Å². The second kappa shape index (κ2) is 4.98. The van der Waals surface area contributed by atoms with E-state index in [4.69, 9.17) is 0 Å². The van der Waals surface area contributed by atoms with Gasteiger partial charge in [-0.2, -0.15) is 0 Å². The first-order valence-electron chi connectivity index (χ1n) is 4.48. The molecule has 2 rings (SSSR count). The van der Waals surface area contributed by atoms with Crippen molar-refractivity contribution in [1.29, 1.82) is 0 Å². The number of aromatic nitrogens is 2. The highest BCUT2D eigenvalue weighted by molar-refractivity contribution is 8.01. The minimum atomic E-state index is -0.374. The summed E-state index contributed by atoms with van der Waals surface area (Å²) in [5.74, 6) is 0. The minimum absolute atomic E-state index is 0.150. The van der Waals surface area contributed by atoms with Crippen LogP contribution in [0, 0.1) is 10.1 Å². The van der Waals surface area contributed by atoms with E-state index in [0.29, 0.717) is 9.24 Å². The molecular weight excluding hydrogens is 280 g/mol. The normalized spacial score (nSPS) is 10.5. The summed E-state index contributed by atoms with van der Waals surface area (Å²) in [5, 5.41) is 21.3. The summed E-state index contributed by atoms with van der Waals surface area (Å²) < 4.78 is 0.704. The van der Waals surface area contributed by atoms with E-state index in [9.17, 15) is 10.1 Å². The van der Waals surface area contributed by atoms with Crippen molar-refractivity contribution in [2.24, 2.45) is 0 Å². The van der Waals surface area contributed by atoms with E-state index in [2.05, 4.69) is 10.2 Å². The monoisotopic (exact) mass is 288 g/mol. The Kier molecular flexibility index (Phi) is 3.60. The van der Waals surface area contributed by atoms with Gasteiger partial charge in [0.05, 0.1) is 4.92 Å². The van der Waals surface area contributed by atoms with Gasteiger partial charge in [-0.15, -0.1) is 10.2 Å². The highest BCUT2D eigenvalue weighted by Gasteiger charge is 2.18. The van der Waals surface area contributed by atoms with Crippen LogP contribution in [0.15, 0.2) is 20.7 Å². The number of nitrogens with zero attached hydrogens (tertiary/aromatic N) is 4. The Hall–Kier alpha value is -1.19. The molecule has 0 aromatic carbocycles. The molecule has 0 aliphatic rings. The smallest absolute Gasteiger partial charge is 0.338 e. The van der Waals surface area contributed by atoms with E-state index in [-0.39, 0.29) is 9.92 Å². The van der Waals surface area contributed by atoms with Gasteiger partial charge in [0.15, 0.2) is 4.34 Å². The number of hydrogen-bond acceptors (Lipinski definition) is 8. The maximum Gasteiger partial charge on any atom is 0.338 e. The molecule has 0 radical (unpaired) electrons. The van der Waals surface area contributed by atoms with Crippen LogP contribution in [0.3, 0.4) is 0 Å². The van der Waals surface area contributed by atoms with Crippen LogP contribution in [-0.2, 0) is 0 Å². The molecule has 17 heavy (non-hydrogen) atoms. The summed E-state index contributed by atoms with van der Waals surface area (Å²) in [6, 6.07) is 1.73. The maximum absolute atomic E-state index is 10.7. The van der Waals surface area contributed by atoms with Crippen molar-refractivity contribution in [2.75, 3.05) is 19.0 Å². The fraction of sp³-hybridized carbons (Fsp3) is 0.250. The van der Waals surface area contributed by atoms with E-state index >= 15 is 0 Å². The Morgan fingerprint density at radius 1 is 1.47 bits per heavy atom. The fourth-order valence-corrected chi connectivity index (χ4v) is 3.71. The molecule has 0 atom stereocenters. The van der Waals surface area contributed by atoms with Crippen LogP contribution in [0.25, 0.3) is 0 Å². The first-order chi connectivity index (χ1) is 8.08. The Bertz CT molecular complexity index is 536. The summed E-state index contributed by atoms with van der Waals surface area (Å²) >= 11 is 3.80. The van der Waals surface area contributed by atoms with E-state index in [1.807, 2.05) is 19.0 Å². The molecule has 6 nitrogen and oxygen atoms in total. The van der Waals surface area contributed by atoms with Crippen LogP contribution in [0.4, 0.5) is 10.1 Å². The van der Waals surface area contributed by atoms with Crippen LogP contribution < -0.4 is 4.90 Å². The summed E-state index contributed by atoms with van der Waals surface area (Å²) in [6.07, 6.45) is 0. The van der Waals surface area contributed by atoms with Gasteiger partial charge < -0.3 is 4.90 Å². The van der Waals surface area contributed by atoms with Gasteiger partial charge in [-0.25, -0.2) is 0 Å². The zero-order chi connectivity index (χ0) is 12.4. The standard InChI is InChI=1S/C8H8N4O2S3/c1-11(2)7-9-10-8(17-7)16-5-3-4-15-6(5)12(13)14/h3-4H,1-2H3. The van der Waals surface area contributed by atoms with Crippen molar-refractivity contribution in [3.63, 3.8) is 0 Å². The summed E-state index contributed by atoms with van der Waals surface area (Å²) in [4.78, 5) is 12.8. The van der Waals surface area contributed by atoms with Gasteiger partial charge in [0.1, 0.15) is 4.90 Å². The maximum atomic E-state index is 10.7. The minimum Gasteiger partial charge on any atom is -0.353 e. The zero-order valence-corrected chi connectivity index (χ0v) is 11.4. The molecule has 9 heteroatoms. The van der Waals surface area contributed by atoms with Crippen molar-refractivity contribution >= 4 is 44.6 Å². The van der Waals surface area contributed by atoms with Crippen molar-refractivity contribution in [3.8, 4) is 0 Å². The Morgan fingerprint density at radius 3 is 2.82 bits per heavy atom. The zero-order valence-electron chi connectivity index (χ0n) is 8.98. The van der Waals surface area contributed by atoms with Crippen LogP contribution in [-0.4, -0.2) is 29.2 Å². The molecule has 0 spiro atoms. The number of anilines is 1. The lowest BCUT2D eigenvalue weighted by molar-refractivity contribution is -0.382. The molecule has 0 amide bonds. The molecule has 0 N–H and O–H groups in total. The van der Waals surface area contributed by atoms with E-state index in [0.717, 1.165) is 16.5 Å². The van der Waals surface area contributed by atoms with Crippen molar-refractivity contribution in [3.05, 3.63) is 21.6 Å². The van der Waals surface area contributed by atoms with Crippen LogP contribution in [0.5, 0.6) is 0 Å². The molecular formula is C8H8N4O2S3. The predicted molar refractivity (Wildman–Crippen MR) is 69.3 cm³/mol. The SMILES string of the molecule is CN(C)c1nnc(Sc2ccsc2[N+](=O)[O-])s1. The highest BCUT2D eigenvalue weighted by Crippen LogP contribution is 2.40. The van der Waals surface area contributed by atoms with Crippen molar-refractivity contribution < 1.29 is 4.92 Å². The van der Waals surface area contributed by atoms with E-state index in [1.165, 1.54) is 23.1 Å². The van der Waals surface area contributed by atoms with Gasteiger partial charge in [0, 0.05) is 14.1 Å². The Labute approximate surface area is 109 Å². The van der Waals surface area contributed by atoms with Crippen molar-refractivity contribution in [2.45, 2.75) is 9.24 Å². The van der Waals surface area contributed by atoms with Gasteiger partial charge in [0.25, 0.3) is 0 Å². The number of rotatable bonds is 4. The molecule has 90 valence electrons. The predicted octanol–water partition coefficient (Wildman–Crippen LogP) is 2.73. The number of hydrogen-bond donors (Lipinski definition) is 0. The summed E-state index contributed by atoms with van der Waals surface area (Å²) in [6.45, 7) is 0. The molecule has 0 unspecified atom stereocenters. The number of thiophene rings is 1. The molecule has 0 bridgehead atoms. The second-order valence-corrected chi connectivity index (χ2v) is 6.33. The molecule has 2 heterocycles. The average molecular weight is 288 g/mol. The van der Waals surface area contributed by atoms with Crippen LogP contribution in [0.2, 0.25) is 0 Å². The van der Waals surface area contributed by atoms with Gasteiger partial charge in [-0.05, 0) is 23.2 Å². The average Bonchev–Trinajstić information content (AvgIpc) is 2.86. The van der Waals surface area contributed by atoms with Gasteiger partial charge in [-0.3, -0.25) is 10.1 Å². The largest absolute Gasteiger partial charge is 0.353 e. The van der Waals surface area contributed by atoms with E-state index in [1.54, 1.807) is 11.4 Å². The second-order valence-electron chi connectivity index (χ2n) is 3.19. The first-order valence-corrected chi connectivity index (χ1v) is 6.99. The third kappa shape index (κ3) is 2.73. The topological polar surface area (TPSA) is 72.2 Å². The molecule has 2 aromatic rings. The summed E-state index contributed by atoms with van der Waals surface area (Å²) in [7, 11) is 3.75. The van der Waals surface area contributed by atoms with Gasteiger partial charge >= 0.3 is 5.00 Å². The fourth-order valence-electron chi connectivity index (χ4n) is 1.02. The van der Waals surface area contributed by atoms with Gasteiger partial charge in [-0.1, -0.05) is 22.7 Å². The molecule has 0 saturated heterocycles. The Balaban J connectivity index is 2.19. The van der Waals surface area contributed by atoms with Crippen LogP contribution >= 0.6 is 34.4 Å². The molecule has 2 aromatic heterocycles. The third-order valence-electron chi connectivity index (χ3n) is 1.75. The molecule has 0 fully saturated rings. The molecule has 0 aliphatic heterocycles. The molecule has 0 aliphatic carbocycles. The molecule has 0 saturated carbocycles. The quantitative estimate of drug-likeness (QED) is 0.636. The first kappa shape index (κ1) is 12.3. The lowest BCUT2D eigenvalue weighted by atomic mass is 10.6. The number of nitro groups is 1. The highest BCUT2D eigenvalue weighted by atomic mass is 32.2. The van der Waals surface area contributed by atoms with Crippen molar-refractivity contribution in [1.82, 2.24) is 10.2 Å². The lowest BCUT2D eigenvalue weighted by Crippen LogP contribution is -2.07. The Morgan fingerprint density at radius 2 is 2.24 bits per heavy atom. The lowest BCUT2D eigenvalue weighted by Gasteiger charge is -2.03. The summed E-state index contributed by atoms with van der Waals surface area (Å²) in [5.41, 5.74) is 0. The van der Waals surface area contributed by atoms with E-state index < -0.39 is 0 Å². The third-order valence-corrected chi connectivity index (χ3v) is 4.94. The van der Waals surface area contributed by atoms with Gasteiger partial charge in [0.2, 0.25) is 5.13 Å².